The number of nitrogens with two attached hydrogens (primary N) is 1. The van der Waals surface area contributed by atoms with Crippen LogP contribution in [0.15, 0.2) is 27.2 Å². The Hall–Kier alpha value is -1.82. The van der Waals surface area contributed by atoms with Gasteiger partial charge in [0.15, 0.2) is 11.5 Å². The standard InChI is InChI=1S/C12H11BrN4O/c1-6-15-8-5-7(3-4-9(8)18-6)10-11(13)17(2)12(14)16-10/h3-5H,1-2H3,(H2,14,16). The second-order valence-electron chi connectivity index (χ2n) is 4.08. The molecule has 0 radical (unpaired) electrons. The predicted molar refractivity (Wildman–Crippen MR) is 73.1 cm³/mol. The largest absolute Gasteiger partial charge is 0.441 e. The summed E-state index contributed by atoms with van der Waals surface area (Å²) in [4.78, 5) is 8.64. The summed E-state index contributed by atoms with van der Waals surface area (Å²) in [6.45, 7) is 1.83. The van der Waals surface area contributed by atoms with E-state index in [1.165, 1.54) is 0 Å². The summed E-state index contributed by atoms with van der Waals surface area (Å²) in [6, 6.07) is 5.78. The monoisotopic (exact) mass is 306 g/mol. The molecule has 92 valence electrons. The highest BCUT2D eigenvalue weighted by molar-refractivity contribution is 9.10. The molecule has 0 aliphatic carbocycles. The fourth-order valence-electron chi connectivity index (χ4n) is 1.87. The Bertz CT molecular complexity index is 744. The summed E-state index contributed by atoms with van der Waals surface area (Å²) in [5, 5.41) is 0. The first-order valence-corrected chi connectivity index (χ1v) is 6.21. The van der Waals surface area contributed by atoms with Crippen molar-refractivity contribution in [2.45, 2.75) is 6.92 Å². The number of nitrogens with zero attached hydrogens (tertiary/aromatic N) is 3. The molecule has 0 atom stereocenters. The van der Waals surface area contributed by atoms with E-state index in [1.807, 2.05) is 32.2 Å². The third-order valence-corrected chi connectivity index (χ3v) is 3.74. The van der Waals surface area contributed by atoms with Crippen molar-refractivity contribution >= 4 is 33.0 Å². The molecule has 6 heteroatoms. The van der Waals surface area contributed by atoms with Gasteiger partial charge in [0.1, 0.15) is 15.8 Å². The number of nitrogen functional groups attached to an aromatic ring is 1. The molecular weight excluding hydrogens is 296 g/mol. The molecule has 5 nitrogen and oxygen atoms in total. The van der Waals surface area contributed by atoms with Crippen molar-refractivity contribution in [2.24, 2.45) is 7.05 Å². The van der Waals surface area contributed by atoms with Gasteiger partial charge in [0.2, 0.25) is 5.95 Å². The van der Waals surface area contributed by atoms with Crippen molar-refractivity contribution in [3.8, 4) is 11.3 Å². The lowest BCUT2D eigenvalue weighted by Gasteiger charge is -1.98. The number of halogens is 1. The van der Waals surface area contributed by atoms with Gasteiger partial charge in [-0.15, -0.1) is 0 Å². The zero-order valence-electron chi connectivity index (χ0n) is 9.94. The third kappa shape index (κ3) is 1.60. The van der Waals surface area contributed by atoms with Crippen molar-refractivity contribution in [2.75, 3.05) is 5.73 Å². The van der Waals surface area contributed by atoms with Crippen LogP contribution in [0.1, 0.15) is 5.89 Å². The van der Waals surface area contributed by atoms with Crippen LogP contribution in [0.4, 0.5) is 5.95 Å². The first-order valence-electron chi connectivity index (χ1n) is 5.41. The van der Waals surface area contributed by atoms with Crippen LogP contribution < -0.4 is 5.73 Å². The van der Waals surface area contributed by atoms with E-state index in [-0.39, 0.29) is 0 Å². The van der Waals surface area contributed by atoms with Crippen molar-refractivity contribution in [3.63, 3.8) is 0 Å². The first-order chi connectivity index (χ1) is 8.56. The molecule has 2 heterocycles. The van der Waals surface area contributed by atoms with E-state index in [1.54, 1.807) is 4.57 Å². The van der Waals surface area contributed by atoms with Crippen LogP contribution in [0.3, 0.4) is 0 Å². The van der Waals surface area contributed by atoms with E-state index in [4.69, 9.17) is 10.2 Å². The summed E-state index contributed by atoms with van der Waals surface area (Å²) in [5.74, 6) is 1.12. The van der Waals surface area contributed by atoms with E-state index < -0.39 is 0 Å². The SMILES string of the molecule is Cc1nc2cc(-c3nc(N)n(C)c3Br)ccc2o1. The van der Waals surface area contributed by atoms with Crippen LogP contribution in [-0.2, 0) is 7.05 Å². The minimum atomic E-state index is 0.466. The number of oxazole rings is 1. The van der Waals surface area contributed by atoms with Gasteiger partial charge in [0, 0.05) is 19.5 Å². The molecule has 0 amide bonds. The molecule has 3 rings (SSSR count). The van der Waals surface area contributed by atoms with Gasteiger partial charge < -0.3 is 14.7 Å². The molecule has 2 N–H and O–H groups in total. The molecule has 0 saturated heterocycles. The van der Waals surface area contributed by atoms with Crippen molar-refractivity contribution < 1.29 is 4.42 Å². The minimum Gasteiger partial charge on any atom is -0.441 e. The number of fused-ring (bicyclic) bond motifs is 1. The van der Waals surface area contributed by atoms with Crippen LogP contribution in [0.2, 0.25) is 0 Å². The normalized spacial score (nSPS) is 11.3. The Morgan fingerprint density at radius 2 is 2.11 bits per heavy atom. The summed E-state index contributed by atoms with van der Waals surface area (Å²) < 4.78 is 8.08. The van der Waals surface area contributed by atoms with Crippen LogP contribution in [-0.4, -0.2) is 14.5 Å². The van der Waals surface area contributed by atoms with Gasteiger partial charge in [-0.3, -0.25) is 0 Å². The number of hydrogen-bond acceptors (Lipinski definition) is 4. The minimum absolute atomic E-state index is 0.466. The highest BCUT2D eigenvalue weighted by atomic mass is 79.9. The molecule has 18 heavy (non-hydrogen) atoms. The highest BCUT2D eigenvalue weighted by Gasteiger charge is 2.13. The lowest BCUT2D eigenvalue weighted by atomic mass is 10.1. The molecule has 0 bridgehead atoms. The number of aryl methyl sites for hydroxylation is 1. The zero-order valence-corrected chi connectivity index (χ0v) is 11.5. The lowest BCUT2D eigenvalue weighted by Crippen LogP contribution is -1.96. The van der Waals surface area contributed by atoms with Gasteiger partial charge >= 0.3 is 0 Å². The Morgan fingerprint density at radius 1 is 1.33 bits per heavy atom. The maximum absolute atomic E-state index is 5.78. The maximum atomic E-state index is 5.78. The van der Waals surface area contributed by atoms with Gasteiger partial charge in [0.05, 0.1) is 0 Å². The van der Waals surface area contributed by atoms with E-state index in [0.29, 0.717) is 11.8 Å². The zero-order chi connectivity index (χ0) is 12.9. The average Bonchev–Trinajstić information content (AvgIpc) is 2.82. The number of benzene rings is 1. The summed E-state index contributed by atoms with van der Waals surface area (Å²) in [5.41, 5.74) is 9.14. The fourth-order valence-corrected chi connectivity index (χ4v) is 2.37. The van der Waals surface area contributed by atoms with E-state index in [9.17, 15) is 0 Å². The molecular formula is C12H11BrN4O. The summed E-state index contributed by atoms with van der Waals surface area (Å²) in [7, 11) is 1.86. The Labute approximate surface area is 112 Å². The molecule has 0 fully saturated rings. The van der Waals surface area contributed by atoms with E-state index in [0.717, 1.165) is 27.0 Å². The molecule has 0 saturated carbocycles. The topological polar surface area (TPSA) is 69.9 Å². The Morgan fingerprint density at radius 3 is 2.78 bits per heavy atom. The van der Waals surface area contributed by atoms with Crippen LogP contribution in [0, 0.1) is 6.92 Å². The first kappa shape index (κ1) is 11.3. The van der Waals surface area contributed by atoms with Gasteiger partial charge in [-0.25, -0.2) is 9.97 Å². The predicted octanol–water partition coefficient (Wildman–Crippen LogP) is 2.88. The second-order valence-corrected chi connectivity index (χ2v) is 4.83. The summed E-state index contributed by atoms with van der Waals surface area (Å²) in [6.07, 6.45) is 0. The number of rotatable bonds is 1. The number of aromatic nitrogens is 3. The highest BCUT2D eigenvalue weighted by Crippen LogP contribution is 2.31. The number of anilines is 1. The quantitative estimate of drug-likeness (QED) is 0.750. The second kappa shape index (κ2) is 3.84. The lowest BCUT2D eigenvalue weighted by molar-refractivity contribution is 0.561. The average molecular weight is 307 g/mol. The maximum Gasteiger partial charge on any atom is 0.201 e. The smallest absolute Gasteiger partial charge is 0.201 e. The van der Waals surface area contributed by atoms with Crippen molar-refractivity contribution in [1.82, 2.24) is 14.5 Å². The third-order valence-electron chi connectivity index (χ3n) is 2.83. The van der Waals surface area contributed by atoms with E-state index in [2.05, 4.69) is 25.9 Å². The molecule has 0 unspecified atom stereocenters. The molecule has 0 aliphatic heterocycles. The van der Waals surface area contributed by atoms with Gasteiger partial charge in [0.25, 0.3) is 0 Å². The van der Waals surface area contributed by atoms with Gasteiger partial charge in [-0.1, -0.05) is 0 Å². The van der Waals surface area contributed by atoms with Crippen LogP contribution in [0.25, 0.3) is 22.4 Å². The molecule has 3 aromatic rings. The number of imidazole rings is 1. The van der Waals surface area contributed by atoms with Crippen LogP contribution >= 0.6 is 15.9 Å². The molecule has 0 spiro atoms. The Kier molecular flexibility index (Phi) is 2.41. The Balaban J connectivity index is 2.21. The van der Waals surface area contributed by atoms with Gasteiger partial charge in [-0.2, -0.15) is 0 Å². The van der Waals surface area contributed by atoms with Gasteiger partial charge in [-0.05, 0) is 34.1 Å². The van der Waals surface area contributed by atoms with Crippen molar-refractivity contribution in [3.05, 3.63) is 28.7 Å². The summed E-state index contributed by atoms with van der Waals surface area (Å²) >= 11 is 3.48. The van der Waals surface area contributed by atoms with Crippen LogP contribution in [0.5, 0.6) is 0 Å². The molecule has 2 aromatic heterocycles. The van der Waals surface area contributed by atoms with Crippen molar-refractivity contribution in [1.29, 1.82) is 0 Å². The molecule has 0 aliphatic rings. The fraction of sp³-hybridized carbons (Fsp3) is 0.167. The van der Waals surface area contributed by atoms with E-state index >= 15 is 0 Å². The number of hydrogen-bond donors (Lipinski definition) is 1. The molecule has 1 aromatic carbocycles.